The molecule has 0 heterocycles. The van der Waals surface area contributed by atoms with Crippen LogP contribution in [0.15, 0.2) is 34.3 Å². The van der Waals surface area contributed by atoms with Crippen LogP contribution in [0.4, 0.5) is 5.69 Å². The highest BCUT2D eigenvalue weighted by atomic mass is 16.5. The maximum Gasteiger partial charge on any atom is 0.223 e. The molecule has 1 rings (SSSR count). The maximum atomic E-state index is 5.52. The molecule has 0 spiro atoms. The minimum Gasteiger partial charge on any atom is -0.494 e. The average molecular weight is 265 g/mol. The quantitative estimate of drug-likeness (QED) is 0.388. The summed E-state index contributed by atoms with van der Waals surface area (Å²) in [6, 6.07) is 7.13. The molecule has 0 fully saturated rings. The van der Waals surface area contributed by atoms with Crippen molar-refractivity contribution < 1.29 is 9.47 Å². The zero-order valence-corrected chi connectivity index (χ0v) is 10.9. The van der Waals surface area contributed by atoms with Gasteiger partial charge in [0.2, 0.25) is 5.96 Å². The fourth-order valence-electron chi connectivity index (χ4n) is 1.30. The number of methoxy groups -OCH3 is 1. The summed E-state index contributed by atoms with van der Waals surface area (Å²) in [4.78, 5) is 7.64. The molecule has 19 heavy (non-hydrogen) atoms. The lowest BCUT2D eigenvalue weighted by Gasteiger charge is -2.05. The molecule has 0 saturated carbocycles. The number of hydrogen-bond acceptors (Lipinski definition) is 3. The van der Waals surface area contributed by atoms with Crippen LogP contribution < -0.4 is 21.9 Å². The summed E-state index contributed by atoms with van der Waals surface area (Å²) in [7, 11) is 1.66. The van der Waals surface area contributed by atoms with E-state index in [-0.39, 0.29) is 11.9 Å². The van der Waals surface area contributed by atoms with E-state index in [1.165, 1.54) is 0 Å². The highest BCUT2D eigenvalue weighted by Gasteiger charge is 1.96. The summed E-state index contributed by atoms with van der Waals surface area (Å²) in [6.07, 6.45) is 0.841. The Balaban J connectivity index is 2.54. The minimum absolute atomic E-state index is 0.00811. The molecule has 0 aliphatic heterocycles. The Morgan fingerprint density at radius 2 is 1.79 bits per heavy atom. The van der Waals surface area contributed by atoms with Crippen molar-refractivity contribution in [1.29, 1.82) is 0 Å². The number of benzene rings is 1. The zero-order chi connectivity index (χ0) is 14.1. The monoisotopic (exact) mass is 265 g/mol. The van der Waals surface area contributed by atoms with Crippen LogP contribution in [0.25, 0.3) is 0 Å². The van der Waals surface area contributed by atoms with Crippen molar-refractivity contribution >= 4 is 17.6 Å². The van der Waals surface area contributed by atoms with Crippen LogP contribution >= 0.6 is 0 Å². The van der Waals surface area contributed by atoms with E-state index in [4.69, 9.17) is 26.7 Å². The van der Waals surface area contributed by atoms with E-state index in [2.05, 4.69) is 9.98 Å². The first-order valence-electron chi connectivity index (χ1n) is 5.77. The molecular weight excluding hydrogens is 246 g/mol. The van der Waals surface area contributed by atoms with E-state index >= 15 is 0 Å². The third kappa shape index (κ3) is 6.27. The van der Waals surface area contributed by atoms with Crippen LogP contribution in [0, 0.1) is 0 Å². The van der Waals surface area contributed by atoms with E-state index in [0.29, 0.717) is 18.9 Å². The first kappa shape index (κ1) is 14.8. The van der Waals surface area contributed by atoms with Gasteiger partial charge in [-0.15, -0.1) is 0 Å². The third-order valence-corrected chi connectivity index (χ3v) is 2.09. The smallest absolute Gasteiger partial charge is 0.223 e. The number of ether oxygens (including phenoxy) is 2. The van der Waals surface area contributed by atoms with Gasteiger partial charge in [-0.3, -0.25) is 0 Å². The van der Waals surface area contributed by atoms with Crippen molar-refractivity contribution in [3.63, 3.8) is 0 Å². The summed E-state index contributed by atoms with van der Waals surface area (Å²) in [5, 5.41) is 0. The predicted octanol–water partition coefficient (Wildman–Crippen LogP) is 0.322. The average Bonchev–Trinajstić information content (AvgIpc) is 2.35. The number of nitrogens with zero attached hydrogens (tertiary/aromatic N) is 2. The van der Waals surface area contributed by atoms with Gasteiger partial charge in [0.05, 0.1) is 12.3 Å². The summed E-state index contributed by atoms with van der Waals surface area (Å²) in [5.41, 5.74) is 16.5. The molecule has 0 radical (unpaired) electrons. The molecule has 0 saturated heterocycles. The second kappa shape index (κ2) is 7.93. The third-order valence-electron chi connectivity index (χ3n) is 2.09. The Morgan fingerprint density at radius 3 is 2.37 bits per heavy atom. The Morgan fingerprint density at radius 1 is 1.11 bits per heavy atom. The largest absolute Gasteiger partial charge is 0.494 e. The number of hydrogen-bond donors (Lipinski definition) is 3. The molecule has 0 unspecified atom stereocenters. The van der Waals surface area contributed by atoms with Crippen LogP contribution in [-0.2, 0) is 4.74 Å². The van der Waals surface area contributed by atoms with E-state index < -0.39 is 0 Å². The van der Waals surface area contributed by atoms with Gasteiger partial charge in [-0.2, -0.15) is 4.99 Å². The molecule has 0 bridgehead atoms. The molecule has 0 aromatic heterocycles. The lowest BCUT2D eigenvalue weighted by Crippen LogP contribution is -2.26. The van der Waals surface area contributed by atoms with Crippen molar-refractivity contribution in [1.82, 2.24) is 0 Å². The molecule has 1 aromatic carbocycles. The van der Waals surface area contributed by atoms with Crippen molar-refractivity contribution in [2.24, 2.45) is 27.2 Å². The first-order chi connectivity index (χ1) is 9.11. The van der Waals surface area contributed by atoms with Gasteiger partial charge < -0.3 is 26.7 Å². The van der Waals surface area contributed by atoms with Crippen LogP contribution in [-0.4, -0.2) is 32.2 Å². The summed E-state index contributed by atoms with van der Waals surface area (Å²) in [5.74, 6) is 0.642. The molecule has 0 amide bonds. The highest BCUT2D eigenvalue weighted by molar-refractivity contribution is 5.93. The van der Waals surface area contributed by atoms with Gasteiger partial charge in [0, 0.05) is 20.1 Å². The molecule has 6 N–H and O–H groups in total. The fourth-order valence-corrected chi connectivity index (χ4v) is 1.30. The van der Waals surface area contributed by atoms with Crippen LogP contribution in [0.2, 0.25) is 0 Å². The van der Waals surface area contributed by atoms with E-state index in [1.807, 2.05) is 0 Å². The fraction of sp³-hybridized carbons (Fsp3) is 0.333. The molecule has 7 heteroatoms. The molecule has 0 aliphatic carbocycles. The summed E-state index contributed by atoms with van der Waals surface area (Å²) in [6.45, 7) is 1.28. The van der Waals surface area contributed by atoms with Gasteiger partial charge in [-0.05, 0) is 24.3 Å². The molecule has 1 aromatic rings. The molecule has 0 atom stereocenters. The molecule has 7 nitrogen and oxygen atoms in total. The van der Waals surface area contributed by atoms with Gasteiger partial charge in [-0.25, -0.2) is 4.99 Å². The first-order valence-corrected chi connectivity index (χ1v) is 5.77. The number of rotatable bonds is 6. The van der Waals surface area contributed by atoms with Crippen molar-refractivity contribution in [3.05, 3.63) is 24.3 Å². The maximum absolute atomic E-state index is 5.52. The highest BCUT2D eigenvalue weighted by Crippen LogP contribution is 2.18. The number of guanidine groups is 2. The van der Waals surface area contributed by atoms with Crippen LogP contribution in [0.1, 0.15) is 6.42 Å². The van der Waals surface area contributed by atoms with E-state index in [9.17, 15) is 0 Å². The second-order valence-electron chi connectivity index (χ2n) is 3.70. The topological polar surface area (TPSA) is 121 Å². The predicted molar refractivity (Wildman–Crippen MR) is 75.5 cm³/mol. The molecular formula is C12H19N5O2. The Kier molecular flexibility index (Phi) is 6.17. The lowest BCUT2D eigenvalue weighted by atomic mass is 10.3. The summed E-state index contributed by atoms with van der Waals surface area (Å²) < 4.78 is 10.4. The van der Waals surface area contributed by atoms with Gasteiger partial charge in [-0.1, -0.05) is 0 Å². The zero-order valence-electron chi connectivity index (χ0n) is 10.9. The molecule has 104 valence electrons. The van der Waals surface area contributed by atoms with Crippen molar-refractivity contribution in [2.45, 2.75) is 6.42 Å². The van der Waals surface area contributed by atoms with Crippen molar-refractivity contribution in [3.8, 4) is 5.75 Å². The van der Waals surface area contributed by atoms with Gasteiger partial charge in [0.25, 0.3) is 0 Å². The number of aliphatic imine (C=N–C) groups is 2. The van der Waals surface area contributed by atoms with E-state index in [0.717, 1.165) is 12.2 Å². The summed E-state index contributed by atoms with van der Waals surface area (Å²) >= 11 is 0. The normalized spacial score (nSPS) is 11.1. The van der Waals surface area contributed by atoms with Gasteiger partial charge in [0.1, 0.15) is 5.75 Å². The van der Waals surface area contributed by atoms with Crippen molar-refractivity contribution in [2.75, 3.05) is 20.3 Å². The van der Waals surface area contributed by atoms with Crippen LogP contribution in [0.3, 0.4) is 0 Å². The van der Waals surface area contributed by atoms with E-state index in [1.54, 1.807) is 31.4 Å². The van der Waals surface area contributed by atoms with Gasteiger partial charge in [0.15, 0.2) is 5.96 Å². The Hall–Kier alpha value is -2.28. The van der Waals surface area contributed by atoms with Gasteiger partial charge >= 0.3 is 0 Å². The van der Waals surface area contributed by atoms with Crippen LogP contribution in [0.5, 0.6) is 5.75 Å². The minimum atomic E-state index is -0.126. The Bertz CT molecular complexity index is 438. The standard InChI is InChI=1S/C12H19N5O2/c1-18-7-2-8-19-10-5-3-9(4-6-10)16-12(15)17-11(13)14/h3-6H,2,7-8H2,1H3,(H6,13,14,15,16,17). The number of nitrogens with two attached hydrogens (primary N) is 3. The second-order valence-corrected chi connectivity index (χ2v) is 3.70. The lowest BCUT2D eigenvalue weighted by molar-refractivity contribution is 0.172. The SMILES string of the molecule is COCCCOc1ccc(N=C(N)N=C(N)N)cc1. The Labute approximate surface area is 112 Å². The molecule has 0 aliphatic rings.